The van der Waals surface area contributed by atoms with E-state index < -0.39 is 0 Å². The van der Waals surface area contributed by atoms with Gasteiger partial charge in [-0.05, 0) is 6.42 Å². The summed E-state index contributed by atoms with van der Waals surface area (Å²) < 4.78 is 0. The first-order valence-electron chi connectivity index (χ1n) is 5.18. The van der Waals surface area contributed by atoms with Crippen molar-refractivity contribution in [1.82, 2.24) is 9.97 Å². The Hall–Kier alpha value is -0.830. The second-order valence-electron chi connectivity index (χ2n) is 4.70. The Morgan fingerprint density at radius 1 is 1.27 bits per heavy atom. The summed E-state index contributed by atoms with van der Waals surface area (Å²) in [6.07, 6.45) is 1.92. The molecule has 0 saturated heterocycles. The molecule has 0 radical (unpaired) electrons. The quantitative estimate of drug-likeness (QED) is 0.791. The van der Waals surface area contributed by atoms with Crippen molar-refractivity contribution in [3.05, 3.63) is 16.4 Å². The summed E-state index contributed by atoms with van der Waals surface area (Å²) in [5.41, 5.74) is 7.55. The SMILES string of the molecule is CCCc1c(Cl)nc(N)nc1C(C)(C)C. The van der Waals surface area contributed by atoms with Crippen molar-refractivity contribution in [2.45, 2.75) is 46.0 Å². The van der Waals surface area contributed by atoms with Crippen molar-refractivity contribution < 1.29 is 0 Å². The lowest BCUT2D eigenvalue weighted by Crippen LogP contribution is -2.19. The van der Waals surface area contributed by atoms with Crippen LogP contribution in [0.25, 0.3) is 0 Å². The van der Waals surface area contributed by atoms with Gasteiger partial charge in [0.25, 0.3) is 0 Å². The van der Waals surface area contributed by atoms with Gasteiger partial charge in [0.15, 0.2) is 0 Å². The number of nitrogen functional groups attached to an aromatic ring is 1. The number of hydrogen-bond donors (Lipinski definition) is 1. The molecule has 1 aromatic heterocycles. The molecule has 0 atom stereocenters. The van der Waals surface area contributed by atoms with Crippen molar-refractivity contribution in [3.8, 4) is 0 Å². The van der Waals surface area contributed by atoms with Crippen LogP contribution in [0.4, 0.5) is 5.95 Å². The van der Waals surface area contributed by atoms with E-state index in [1.165, 1.54) is 0 Å². The molecule has 0 aromatic carbocycles. The van der Waals surface area contributed by atoms with Crippen LogP contribution in [0.5, 0.6) is 0 Å². The van der Waals surface area contributed by atoms with Crippen LogP contribution in [0.15, 0.2) is 0 Å². The van der Waals surface area contributed by atoms with Gasteiger partial charge >= 0.3 is 0 Å². The van der Waals surface area contributed by atoms with Gasteiger partial charge in [-0.25, -0.2) is 9.97 Å². The third-order valence-corrected chi connectivity index (χ3v) is 2.50. The summed E-state index contributed by atoms with van der Waals surface area (Å²) in [5.74, 6) is 0.254. The molecular weight excluding hydrogens is 210 g/mol. The van der Waals surface area contributed by atoms with Crippen molar-refractivity contribution in [2.75, 3.05) is 5.73 Å². The van der Waals surface area contributed by atoms with Crippen LogP contribution in [-0.4, -0.2) is 9.97 Å². The lowest BCUT2D eigenvalue weighted by atomic mass is 9.88. The highest BCUT2D eigenvalue weighted by atomic mass is 35.5. The molecule has 0 spiro atoms. The molecule has 84 valence electrons. The van der Waals surface area contributed by atoms with Gasteiger partial charge in [-0.2, -0.15) is 0 Å². The van der Waals surface area contributed by atoms with Crippen molar-refractivity contribution in [3.63, 3.8) is 0 Å². The summed E-state index contributed by atoms with van der Waals surface area (Å²) in [7, 11) is 0. The molecule has 1 rings (SSSR count). The predicted octanol–water partition coefficient (Wildman–Crippen LogP) is 2.96. The van der Waals surface area contributed by atoms with Gasteiger partial charge in [0.1, 0.15) is 5.15 Å². The third kappa shape index (κ3) is 2.81. The second-order valence-corrected chi connectivity index (χ2v) is 5.06. The molecule has 4 heteroatoms. The fourth-order valence-corrected chi connectivity index (χ4v) is 1.84. The maximum absolute atomic E-state index is 6.09. The van der Waals surface area contributed by atoms with Gasteiger partial charge < -0.3 is 5.73 Å². The van der Waals surface area contributed by atoms with E-state index in [2.05, 4.69) is 37.7 Å². The Balaban J connectivity index is 3.33. The van der Waals surface area contributed by atoms with E-state index in [1.54, 1.807) is 0 Å². The molecule has 0 aliphatic carbocycles. The largest absolute Gasteiger partial charge is 0.368 e. The first-order valence-corrected chi connectivity index (χ1v) is 5.56. The summed E-state index contributed by atoms with van der Waals surface area (Å²) in [6, 6.07) is 0. The topological polar surface area (TPSA) is 51.8 Å². The number of hydrogen-bond acceptors (Lipinski definition) is 3. The molecule has 0 amide bonds. The second kappa shape index (κ2) is 4.35. The zero-order valence-electron chi connectivity index (χ0n) is 9.76. The molecule has 0 saturated carbocycles. The van der Waals surface area contributed by atoms with Gasteiger partial charge in [-0.15, -0.1) is 0 Å². The Morgan fingerprint density at radius 3 is 2.33 bits per heavy atom. The lowest BCUT2D eigenvalue weighted by molar-refractivity contribution is 0.558. The Labute approximate surface area is 96.1 Å². The van der Waals surface area contributed by atoms with Crippen molar-refractivity contribution >= 4 is 17.5 Å². The molecule has 15 heavy (non-hydrogen) atoms. The van der Waals surface area contributed by atoms with Crippen LogP contribution >= 0.6 is 11.6 Å². The first kappa shape index (κ1) is 12.2. The molecule has 0 aliphatic rings. The van der Waals surface area contributed by atoms with Crippen LogP contribution in [0.3, 0.4) is 0 Å². The van der Waals surface area contributed by atoms with E-state index >= 15 is 0 Å². The van der Waals surface area contributed by atoms with Crippen LogP contribution in [0, 0.1) is 0 Å². The summed E-state index contributed by atoms with van der Waals surface area (Å²) in [5, 5.41) is 0.495. The zero-order valence-corrected chi connectivity index (χ0v) is 10.5. The maximum atomic E-state index is 6.09. The van der Waals surface area contributed by atoms with E-state index in [1.807, 2.05) is 0 Å². The van der Waals surface area contributed by atoms with Gasteiger partial charge in [0, 0.05) is 11.0 Å². The highest BCUT2D eigenvalue weighted by Crippen LogP contribution is 2.29. The third-order valence-electron chi connectivity index (χ3n) is 2.18. The minimum Gasteiger partial charge on any atom is -0.368 e. The number of halogens is 1. The molecule has 3 nitrogen and oxygen atoms in total. The number of anilines is 1. The molecule has 1 aromatic rings. The summed E-state index contributed by atoms with van der Waals surface area (Å²) in [4.78, 5) is 8.30. The highest BCUT2D eigenvalue weighted by molar-refractivity contribution is 6.30. The molecule has 0 aliphatic heterocycles. The Morgan fingerprint density at radius 2 is 1.87 bits per heavy atom. The number of nitrogens with two attached hydrogens (primary N) is 1. The molecule has 2 N–H and O–H groups in total. The van der Waals surface area contributed by atoms with Crippen LogP contribution in [-0.2, 0) is 11.8 Å². The van der Waals surface area contributed by atoms with Gasteiger partial charge in [-0.1, -0.05) is 45.7 Å². The average Bonchev–Trinajstić information content (AvgIpc) is 2.07. The summed E-state index contributed by atoms with van der Waals surface area (Å²) in [6.45, 7) is 8.41. The lowest BCUT2D eigenvalue weighted by Gasteiger charge is -2.22. The van der Waals surface area contributed by atoms with E-state index in [0.717, 1.165) is 24.1 Å². The van der Waals surface area contributed by atoms with Crippen LogP contribution < -0.4 is 5.73 Å². The standard InChI is InChI=1S/C11H18ClN3/c1-5-6-7-8(11(2,3)4)14-10(13)15-9(7)12/h5-6H2,1-4H3,(H2,13,14,15). The number of rotatable bonds is 2. The van der Waals surface area contributed by atoms with Crippen molar-refractivity contribution in [1.29, 1.82) is 0 Å². The molecular formula is C11H18ClN3. The smallest absolute Gasteiger partial charge is 0.221 e. The number of nitrogens with zero attached hydrogens (tertiary/aromatic N) is 2. The van der Waals surface area contributed by atoms with Gasteiger partial charge in [-0.3, -0.25) is 0 Å². The van der Waals surface area contributed by atoms with E-state index in [-0.39, 0.29) is 11.4 Å². The minimum absolute atomic E-state index is 0.0504. The molecule has 0 fully saturated rings. The Kier molecular flexibility index (Phi) is 3.55. The zero-order chi connectivity index (χ0) is 11.6. The van der Waals surface area contributed by atoms with Gasteiger partial charge in [0.05, 0.1) is 5.69 Å². The maximum Gasteiger partial charge on any atom is 0.221 e. The minimum atomic E-state index is -0.0504. The van der Waals surface area contributed by atoms with Crippen molar-refractivity contribution in [2.24, 2.45) is 0 Å². The highest BCUT2D eigenvalue weighted by Gasteiger charge is 2.22. The Bertz CT molecular complexity index is 356. The average molecular weight is 228 g/mol. The summed E-state index contributed by atoms with van der Waals surface area (Å²) >= 11 is 6.09. The molecule has 0 bridgehead atoms. The van der Waals surface area contributed by atoms with Gasteiger partial charge in [0.2, 0.25) is 5.95 Å². The normalized spacial score (nSPS) is 11.8. The first-order chi connectivity index (χ1) is 6.86. The number of aromatic nitrogens is 2. The van der Waals surface area contributed by atoms with E-state index in [9.17, 15) is 0 Å². The van der Waals surface area contributed by atoms with E-state index in [0.29, 0.717) is 5.15 Å². The predicted molar refractivity (Wildman–Crippen MR) is 64.1 cm³/mol. The van der Waals surface area contributed by atoms with E-state index in [4.69, 9.17) is 17.3 Å². The van der Waals surface area contributed by atoms with Crippen LogP contribution in [0.1, 0.15) is 45.4 Å². The monoisotopic (exact) mass is 227 g/mol. The van der Waals surface area contributed by atoms with Crippen LogP contribution in [0.2, 0.25) is 5.15 Å². The fourth-order valence-electron chi connectivity index (χ4n) is 1.56. The molecule has 0 unspecified atom stereocenters. The fraction of sp³-hybridized carbons (Fsp3) is 0.636. The molecule has 1 heterocycles.